The lowest BCUT2D eigenvalue weighted by atomic mass is 10.2. The molecule has 8 nitrogen and oxygen atoms in total. The number of hydrogen-bond donors (Lipinski definition) is 0. The van der Waals surface area contributed by atoms with Crippen molar-refractivity contribution in [3.63, 3.8) is 0 Å². The van der Waals surface area contributed by atoms with Gasteiger partial charge in [-0.3, -0.25) is 14.4 Å². The SMILES string of the molecule is O=C(Cn1cccc(OCc2ccccc2)c1=O)ON1C(=O)CCC1=O. The molecule has 2 heterocycles. The fourth-order valence-electron chi connectivity index (χ4n) is 2.41. The van der Waals surface area contributed by atoms with E-state index >= 15 is 0 Å². The van der Waals surface area contributed by atoms with Crippen LogP contribution in [0.3, 0.4) is 0 Å². The van der Waals surface area contributed by atoms with E-state index in [2.05, 4.69) is 0 Å². The molecule has 0 atom stereocenters. The molecule has 1 fully saturated rings. The summed E-state index contributed by atoms with van der Waals surface area (Å²) in [5.74, 6) is -1.96. The Balaban J connectivity index is 1.65. The van der Waals surface area contributed by atoms with Crippen LogP contribution in [0.25, 0.3) is 0 Å². The monoisotopic (exact) mass is 356 g/mol. The molecule has 8 heteroatoms. The van der Waals surface area contributed by atoms with Gasteiger partial charge in [0.15, 0.2) is 5.75 Å². The Labute approximate surface area is 148 Å². The summed E-state index contributed by atoms with van der Waals surface area (Å²) in [5.41, 5.74) is 0.382. The highest BCUT2D eigenvalue weighted by Crippen LogP contribution is 2.12. The van der Waals surface area contributed by atoms with Crippen molar-refractivity contribution in [3.05, 3.63) is 64.6 Å². The van der Waals surface area contributed by atoms with Gasteiger partial charge >= 0.3 is 5.97 Å². The summed E-state index contributed by atoms with van der Waals surface area (Å²) in [6, 6.07) is 12.4. The van der Waals surface area contributed by atoms with Crippen molar-refractivity contribution >= 4 is 17.8 Å². The Morgan fingerprint density at radius 2 is 1.65 bits per heavy atom. The molecule has 1 saturated heterocycles. The van der Waals surface area contributed by atoms with Gasteiger partial charge in [-0.1, -0.05) is 30.3 Å². The first-order chi connectivity index (χ1) is 12.5. The second-order valence-electron chi connectivity index (χ2n) is 5.62. The van der Waals surface area contributed by atoms with Crippen molar-refractivity contribution in [3.8, 4) is 5.75 Å². The molecule has 0 radical (unpaired) electrons. The van der Waals surface area contributed by atoms with Gasteiger partial charge in [-0.15, -0.1) is 5.06 Å². The summed E-state index contributed by atoms with van der Waals surface area (Å²) < 4.78 is 6.60. The highest BCUT2D eigenvalue weighted by molar-refractivity contribution is 6.01. The minimum Gasteiger partial charge on any atom is -0.483 e. The maximum atomic E-state index is 12.4. The molecule has 0 spiro atoms. The topological polar surface area (TPSA) is 94.9 Å². The predicted molar refractivity (Wildman–Crippen MR) is 88.7 cm³/mol. The summed E-state index contributed by atoms with van der Waals surface area (Å²) in [7, 11) is 0. The minimum absolute atomic E-state index is 0.00880. The number of hydrogen-bond acceptors (Lipinski definition) is 6. The molecule has 0 bridgehead atoms. The smallest absolute Gasteiger partial charge is 0.352 e. The fraction of sp³-hybridized carbons (Fsp3) is 0.222. The molecule has 1 aliphatic rings. The first-order valence-electron chi connectivity index (χ1n) is 7.97. The van der Waals surface area contributed by atoms with Gasteiger partial charge in [0.1, 0.15) is 13.2 Å². The van der Waals surface area contributed by atoms with Crippen molar-refractivity contribution in [1.29, 1.82) is 0 Å². The van der Waals surface area contributed by atoms with Crippen LogP contribution in [-0.2, 0) is 32.4 Å². The van der Waals surface area contributed by atoms with E-state index in [1.807, 2.05) is 30.3 Å². The van der Waals surface area contributed by atoms with Gasteiger partial charge in [0.25, 0.3) is 17.4 Å². The fourth-order valence-corrected chi connectivity index (χ4v) is 2.41. The van der Waals surface area contributed by atoms with Crippen LogP contribution in [0.4, 0.5) is 0 Å². The van der Waals surface area contributed by atoms with Crippen LogP contribution >= 0.6 is 0 Å². The second kappa shape index (κ2) is 7.64. The molecule has 0 unspecified atom stereocenters. The van der Waals surface area contributed by atoms with Crippen LogP contribution in [0.2, 0.25) is 0 Å². The van der Waals surface area contributed by atoms with E-state index in [1.54, 1.807) is 6.07 Å². The predicted octanol–water partition coefficient (Wildman–Crippen LogP) is 1.03. The number of pyridine rings is 1. The number of amides is 2. The Bertz CT molecular complexity index is 874. The van der Waals surface area contributed by atoms with Crippen molar-refractivity contribution < 1.29 is 24.0 Å². The van der Waals surface area contributed by atoms with Crippen LogP contribution in [-0.4, -0.2) is 27.4 Å². The molecule has 0 saturated carbocycles. The molecular formula is C18H16N2O6. The van der Waals surface area contributed by atoms with Gasteiger partial charge in [0.2, 0.25) is 0 Å². The van der Waals surface area contributed by atoms with Gasteiger partial charge in [0, 0.05) is 19.0 Å². The van der Waals surface area contributed by atoms with Crippen LogP contribution in [0.1, 0.15) is 18.4 Å². The maximum Gasteiger partial charge on any atom is 0.352 e. The standard InChI is InChI=1S/C18H16N2O6/c21-15-8-9-16(22)20(15)26-17(23)11-19-10-4-7-14(18(19)24)25-12-13-5-2-1-3-6-13/h1-7,10H,8-9,11-12H2. The molecule has 2 amide bonds. The van der Waals surface area contributed by atoms with E-state index in [-0.39, 0.29) is 25.2 Å². The molecule has 2 aromatic rings. The lowest BCUT2D eigenvalue weighted by Crippen LogP contribution is -2.35. The third kappa shape index (κ3) is 3.97. The molecule has 1 aromatic heterocycles. The van der Waals surface area contributed by atoms with Gasteiger partial charge in [-0.2, -0.15) is 0 Å². The van der Waals surface area contributed by atoms with E-state index in [1.165, 1.54) is 12.3 Å². The molecule has 0 N–H and O–H groups in total. The third-order valence-electron chi connectivity index (χ3n) is 3.72. The normalized spacial score (nSPS) is 13.8. The Morgan fingerprint density at radius 1 is 0.962 bits per heavy atom. The lowest BCUT2D eigenvalue weighted by Gasteiger charge is -2.13. The average Bonchev–Trinajstić information content (AvgIpc) is 2.95. The Morgan fingerprint density at radius 3 is 2.35 bits per heavy atom. The molecule has 26 heavy (non-hydrogen) atoms. The van der Waals surface area contributed by atoms with E-state index < -0.39 is 29.9 Å². The van der Waals surface area contributed by atoms with E-state index in [0.717, 1.165) is 10.1 Å². The molecule has 1 aliphatic heterocycles. The highest BCUT2D eigenvalue weighted by Gasteiger charge is 2.32. The third-order valence-corrected chi connectivity index (χ3v) is 3.72. The molecule has 1 aromatic carbocycles. The second-order valence-corrected chi connectivity index (χ2v) is 5.62. The van der Waals surface area contributed by atoms with Gasteiger partial charge < -0.3 is 14.1 Å². The molecule has 134 valence electrons. The summed E-state index contributed by atoms with van der Waals surface area (Å²) in [5, 5.41) is 0.448. The number of carbonyl (C=O) groups is 3. The number of benzene rings is 1. The summed E-state index contributed by atoms with van der Waals surface area (Å²) in [6.45, 7) is -0.236. The zero-order valence-corrected chi connectivity index (χ0v) is 13.8. The first kappa shape index (κ1) is 17.4. The maximum absolute atomic E-state index is 12.4. The van der Waals surface area contributed by atoms with Crippen molar-refractivity contribution in [1.82, 2.24) is 9.63 Å². The number of ether oxygens (including phenoxy) is 1. The number of carbonyl (C=O) groups excluding carboxylic acids is 3. The van der Waals surface area contributed by atoms with Crippen molar-refractivity contribution in [2.75, 3.05) is 0 Å². The summed E-state index contributed by atoms with van der Waals surface area (Å²) in [6.07, 6.45) is 1.41. The number of rotatable bonds is 6. The van der Waals surface area contributed by atoms with Crippen molar-refractivity contribution in [2.45, 2.75) is 26.0 Å². The van der Waals surface area contributed by atoms with Crippen molar-refractivity contribution in [2.24, 2.45) is 0 Å². The minimum atomic E-state index is -0.893. The van der Waals surface area contributed by atoms with Crippen LogP contribution < -0.4 is 10.3 Å². The first-order valence-corrected chi connectivity index (χ1v) is 7.97. The van der Waals surface area contributed by atoms with Gasteiger partial charge in [-0.05, 0) is 17.7 Å². The zero-order valence-electron chi connectivity index (χ0n) is 13.8. The summed E-state index contributed by atoms with van der Waals surface area (Å²) in [4.78, 5) is 52.0. The molecular weight excluding hydrogens is 340 g/mol. The average molecular weight is 356 g/mol. The van der Waals surface area contributed by atoms with E-state index in [0.29, 0.717) is 5.06 Å². The Kier molecular flexibility index (Phi) is 5.12. The Hall–Kier alpha value is -3.42. The van der Waals surface area contributed by atoms with Crippen LogP contribution in [0.15, 0.2) is 53.5 Å². The molecule has 3 rings (SSSR count). The van der Waals surface area contributed by atoms with Gasteiger partial charge in [0.05, 0.1) is 0 Å². The number of nitrogens with zero attached hydrogens (tertiary/aromatic N) is 2. The van der Waals surface area contributed by atoms with E-state index in [9.17, 15) is 19.2 Å². The number of hydroxylamine groups is 2. The largest absolute Gasteiger partial charge is 0.483 e. The van der Waals surface area contributed by atoms with E-state index in [4.69, 9.17) is 9.57 Å². The number of imide groups is 1. The zero-order chi connectivity index (χ0) is 18.5. The van der Waals surface area contributed by atoms with Crippen LogP contribution in [0.5, 0.6) is 5.75 Å². The van der Waals surface area contributed by atoms with Gasteiger partial charge in [-0.25, -0.2) is 4.79 Å². The quantitative estimate of drug-likeness (QED) is 0.718. The number of aromatic nitrogens is 1. The lowest BCUT2D eigenvalue weighted by molar-refractivity contribution is -0.198. The summed E-state index contributed by atoms with van der Waals surface area (Å²) >= 11 is 0. The highest BCUT2D eigenvalue weighted by atomic mass is 16.7. The molecule has 0 aliphatic carbocycles. The van der Waals surface area contributed by atoms with Crippen LogP contribution in [0, 0.1) is 0 Å².